The molecule has 1 unspecified atom stereocenters. The van der Waals surface area contributed by atoms with E-state index < -0.39 is 11.9 Å². The van der Waals surface area contributed by atoms with Crippen LogP contribution in [0.25, 0.3) is 11.1 Å². The van der Waals surface area contributed by atoms with Gasteiger partial charge in [-0.25, -0.2) is 0 Å². The van der Waals surface area contributed by atoms with Crippen LogP contribution in [-0.4, -0.2) is 39.6 Å². The minimum Gasteiger partial charge on any atom is -0.347 e. The first-order chi connectivity index (χ1) is 16.5. The molecule has 1 aromatic heterocycles. The number of benzene rings is 2. The fraction of sp³-hybridized carbons (Fsp3) is 0.192. The molecule has 5 rings (SSSR count). The van der Waals surface area contributed by atoms with Crippen LogP contribution in [0.3, 0.4) is 0 Å². The Morgan fingerprint density at radius 1 is 1.03 bits per heavy atom. The third-order valence-corrected chi connectivity index (χ3v) is 6.14. The summed E-state index contributed by atoms with van der Waals surface area (Å²) in [7, 11) is 0. The molecule has 1 atom stereocenters. The Kier molecular flexibility index (Phi) is 5.63. The second kappa shape index (κ2) is 8.90. The van der Waals surface area contributed by atoms with Crippen molar-refractivity contribution in [1.29, 1.82) is 0 Å². The Morgan fingerprint density at radius 3 is 2.65 bits per heavy atom. The van der Waals surface area contributed by atoms with Crippen molar-refractivity contribution >= 4 is 23.6 Å². The number of pyridine rings is 1. The molecule has 34 heavy (non-hydrogen) atoms. The fourth-order valence-corrected chi connectivity index (χ4v) is 4.38. The maximum atomic E-state index is 12.8. The zero-order valence-electron chi connectivity index (χ0n) is 18.3. The average molecular weight is 454 g/mol. The Morgan fingerprint density at radius 2 is 1.85 bits per heavy atom. The number of carbonyl (C=O) groups excluding carboxylic acids is 4. The van der Waals surface area contributed by atoms with Gasteiger partial charge in [0, 0.05) is 31.3 Å². The SMILES string of the molecule is O=C1CCC(N2Cc3cc(CNC(=O)c4cc(-c5ccccc5)ccn4)ccc3C2=O)C(=O)N1. The Hall–Kier alpha value is -4.33. The van der Waals surface area contributed by atoms with E-state index in [1.807, 2.05) is 42.5 Å². The van der Waals surface area contributed by atoms with Crippen LogP contribution in [-0.2, 0) is 22.7 Å². The van der Waals surface area contributed by atoms with Crippen molar-refractivity contribution in [3.05, 3.63) is 89.2 Å². The van der Waals surface area contributed by atoms with Gasteiger partial charge in [0.05, 0.1) is 0 Å². The van der Waals surface area contributed by atoms with Gasteiger partial charge in [-0.15, -0.1) is 0 Å². The molecule has 0 aliphatic carbocycles. The highest BCUT2D eigenvalue weighted by Crippen LogP contribution is 2.28. The molecule has 0 spiro atoms. The van der Waals surface area contributed by atoms with E-state index in [4.69, 9.17) is 0 Å². The predicted octanol–water partition coefficient (Wildman–Crippen LogP) is 2.44. The van der Waals surface area contributed by atoms with Crippen LogP contribution in [0.15, 0.2) is 66.9 Å². The van der Waals surface area contributed by atoms with Crippen LogP contribution in [0.5, 0.6) is 0 Å². The highest BCUT2D eigenvalue weighted by molar-refractivity contribution is 6.05. The van der Waals surface area contributed by atoms with E-state index in [1.165, 1.54) is 4.90 Å². The van der Waals surface area contributed by atoms with E-state index in [2.05, 4.69) is 15.6 Å². The third-order valence-electron chi connectivity index (χ3n) is 6.14. The van der Waals surface area contributed by atoms with E-state index >= 15 is 0 Å². The first kappa shape index (κ1) is 21.5. The van der Waals surface area contributed by atoms with Gasteiger partial charge in [0.1, 0.15) is 11.7 Å². The molecule has 3 heterocycles. The zero-order chi connectivity index (χ0) is 23.7. The van der Waals surface area contributed by atoms with Crippen LogP contribution in [0.2, 0.25) is 0 Å². The van der Waals surface area contributed by atoms with E-state index in [0.717, 1.165) is 22.3 Å². The van der Waals surface area contributed by atoms with E-state index in [-0.39, 0.29) is 30.7 Å². The molecule has 8 nitrogen and oxygen atoms in total. The van der Waals surface area contributed by atoms with Gasteiger partial charge in [-0.05, 0) is 46.9 Å². The number of piperidine rings is 1. The van der Waals surface area contributed by atoms with Crippen LogP contribution in [0.1, 0.15) is 44.8 Å². The van der Waals surface area contributed by atoms with Crippen molar-refractivity contribution in [1.82, 2.24) is 20.5 Å². The second-order valence-corrected chi connectivity index (χ2v) is 8.37. The Bertz CT molecular complexity index is 1310. The maximum absolute atomic E-state index is 12.8. The summed E-state index contributed by atoms with van der Waals surface area (Å²) in [6.07, 6.45) is 2.15. The van der Waals surface area contributed by atoms with Crippen LogP contribution in [0.4, 0.5) is 0 Å². The van der Waals surface area contributed by atoms with Crippen LogP contribution >= 0.6 is 0 Å². The summed E-state index contributed by atoms with van der Waals surface area (Å²) in [6.45, 7) is 0.568. The number of hydrogen-bond acceptors (Lipinski definition) is 5. The van der Waals surface area contributed by atoms with Gasteiger partial charge in [-0.3, -0.25) is 29.5 Å². The molecular weight excluding hydrogens is 432 g/mol. The van der Waals surface area contributed by atoms with Gasteiger partial charge >= 0.3 is 0 Å². The lowest BCUT2D eigenvalue weighted by atomic mass is 10.0. The summed E-state index contributed by atoms with van der Waals surface area (Å²) < 4.78 is 0. The van der Waals surface area contributed by atoms with Crippen molar-refractivity contribution in [3.8, 4) is 11.1 Å². The molecule has 2 aliphatic heterocycles. The number of rotatable bonds is 5. The van der Waals surface area contributed by atoms with Crippen molar-refractivity contribution in [3.63, 3.8) is 0 Å². The van der Waals surface area contributed by atoms with Crippen molar-refractivity contribution < 1.29 is 19.2 Å². The van der Waals surface area contributed by atoms with Crippen LogP contribution < -0.4 is 10.6 Å². The Balaban J connectivity index is 1.25. The van der Waals surface area contributed by atoms with E-state index in [1.54, 1.807) is 24.4 Å². The highest BCUT2D eigenvalue weighted by Gasteiger charge is 2.39. The number of nitrogens with one attached hydrogen (secondary N) is 2. The molecule has 0 radical (unpaired) electrons. The predicted molar refractivity (Wildman–Crippen MR) is 123 cm³/mol. The number of hydrogen-bond donors (Lipinski definition) is 2. The fourth-order valence-electron chi connectivity index (χ4n) is 4.38. The number of fused-ring (bicyclic) bond motifs is 1. The summed E-state index contributed by atoms with van der Waals surface area (Å²) >= 11 is 0. The number of aromatic nitrogens is 1. The normalized spacial score (nSPS) is 17.4. The smallest absolute Gasteiger partial charge is 0.270 e. The second-order valence-electron chi connectivity index (χ2n) is 8.37. The molecule has 0 saturated carbocycles. The molecule has 4 amide bonds. The molecule has 1 saturated heterocycles. The molecule has 170 valence electrons. The van der Waals surface area contributed by atoms with Gasteiger partial charge in [-0.1, -0.05) is 42.5 Å². The van der Waals surface area contributed by atoms with Gasteiger partial charge in [0.15, 0.2) is 0 Å². The minimum atomic E-state index is -0.649. The first-order valence-corrected chi connectivity index (χ1v) is 11.1. The topological polar surface area (TPSA) is 108 Å². The summed E-state index contributed by atoms with van der Waals surface area (Å²) in [5.41, 5.74) is 4.40. The molecule has 2 N–H and O–H groups in total. The standard InChI is InChI=1S/C26H22N4O4/c31-23-9-8-22(25(33)29-23)30-15-19-12-16(6-7-20(19)26(30)34)14-28-24(32)21-13-18(10-11-27-21)17-4-2-1-3-5-17/h1-7,10-13,22H,8-9,14-15H2,(H,28,32)(H,29,31,33). The summed E-state index contributed by atoms with van der Waals surface area (Å²) in [5, 5.41) is 5.18. The minimum absolute atomic E-state index is 0.216. The summed E-state index contributed by atoms with van der Waals surface area (Å²) in [6, 6.07) is 18.1. The summed E-state index contributed by atoms with van der Waals surface area (Å²) in [5.74, 6) is -1.26. The van der Waals surface area contributed by atoms with Crippen molar-refractivity contribution in [2.75, 3.05) is 0 Å². The monoisotopic (exact) mass is 454 g/mol. The molecular formula is C26H22N4O4. The lowest BCUT2D eigenvalue weighted by Crippen LogP contribution is -2.52. The van der Waals surface area contributed by atoms with Gasteiger partial charge in [-0.2, -0.15) is 0 Å². The molecule has 0 bridgehead atoms. The maximum Gasteiger partial charge on any atom is 0.270 e. The molecule has 8 heteroatoms. The first-order valence-electron chi connectivity index (χ1n) is 11.1. The van der Waals surface area contributed by atoms with Crippen molar-refractivity contribution in [2.24, 2.45) is 0 Å². The third kappa shape index (κ3) is 4.17. The molecule has 1 fully saturated rings. The number of nitrogens with zero attached hydrogens (tertiary/aromatic N) is 2. The lowest BCUT2D eigenvalue weighted by molar-refractivity contribution is -0.136. The molecule has 2 aliphatic rings. The van der Waals surface area contributed by atoms with E-state index in [9.17, 15) is 19.2 Å². The zero-order valence-corrected chi connectivity index (χ0v) is 18.3. The van der Waals surface area contributed by atoms with Gasteiger partial charge in [0.2, 0.25) is 11.8 Å². The van der Waals surface area contributed by atoms with Gasteiger partial charge in [0.25, 0.3) is 11.8 Å². The van der Waals surface area contributed by atoms with E-state index in [0.29, 0.717) is 24.2 Å². The quantitative estimate of drug-likeness (QED) is 0.576. The number of carbonyl (C=O) groups is 4. The lowest BCUT2D eigenvalue weighted by Gasteiger charge is -2.29. The van der Waals surface area contributed by atoms with Crippen LogP contribution in [0, 0.1) is 0 Å². The number of amides is 4. The van der Waals surface area contributed by atoms with Gasteiger partial charge < -0.3 is 10.2 Å². The van der Waals surface area contributed by atoms with Crippen molar-refractivity contribution in [2.45, 2.75) is 32.0 Å². The number of imide groups is 1. The average Bonchev–Trinajstić information content (AvgIpc) is 3.18. The molecule has 2 aromatic carbocycles. The summed E-state index contributed by atoms with van der Waals surface area (Å²) in [4.78, 5) is 54.8. The highest BCUT2D eigenvalue weighted by atomic mass is 16.2. The Labute approximate surface area is 196 Å². The largest absolute Gasteiger partial charge is 0.347 e. The molecule has 3 aromatic rings.